The minimum atomic E-state index is -0.316. The molecule has 2 aliphatic carbocycles. The first-order valence-corrected chi connectivity index (χ1v) is 9.23. The monoisotopic (exact) mass is 342 g/mol. The highest BCUT2D eigenvalue weighted by Gasteiger charge is 2.51. The van der Waals surface area contributed by atoms with Gasteiger partial charge in [-0.1, -0.05) is 26.0 Å². The number of fused-ring (bicyclic) bond motifs is 4. The molecule has 1 aromatic rings. The Hall–Kier alpha value is -1.81. The second kappa shape index (κ2) is 5.87. The van der Waals surface area contributed by atoms with Gasteiger partial charge in [0, 0.05) is 11.0 Å². The van der Waals surface area contributed by atoms with Crippen LogP contribution in [0.15, 0.2) is 23.3 Å². The van der Waals surface area contributed by atoms with Gasteiger partial charge in [0.15, 0.2) is 0 Å². The Morgan fingerprint density at radius 1 is 1.36 bits per heavy atom. The summed E-state index contributed by atoms with van der Waals surface area (Å²) < 4.78 is 11.1. The van der Waals surface area contributed by atoms with Crippen LogP contribution in [0, 0.1) is 5.92 Å². The second-order valence-corrected chi connectivity index (χ2v) is 7.85. The lowest BCUT2D eigenvalue weighted by Crippen LogP contribution is -2.46. The number of benzene rings is 1. The minimum absolute atomic E-state index is 0.0970. The molecule has 0 saturated carbocycles. The van der Waals surface area contributed by atoms with Gasteiger partial charge in [-0.05, 0) is 59.8 Å². The van der Waals surface area contributed by atoms with Crippen molar-refractivity contribution in [2.45, 2.75) is 50.9 Å². The molecule has 4 rings (SSSR count). The first-order chi connectivity index (χ1) is 12.0. The molecule has 1 aromatic carbocycles. The molecular formula is C21H26O4. The molecule has 0 amide bonds. The summed E-state index contributed by atoms with van der Waals surface area (Å²) in [6.45, 7) is 4.85. The van der Waals surface area contributed by atoms with Crippen LogP contribution in [-0.4, -0.2) is 31.4 Å². The number of aliphatic hydroxyl groups is 1. The van der Waals surface area contributed by atoms with E-state index in [0.717, 1.165) is 36.2 Å². The van der Waals surface area contributed by atoms with Crippen molar-refractivity contribution < 1.29 is 19.4 Å². The number of aliphatic hydroxyl groups excluding tert-OH is 1. The van der Waals surface area contributed by atoms with Crippen molar-refractivity contribution >= 4 is 5.97 Å². The van der Waals surface area contributed by atoms with Crippen LogP contribution >= 0.6 is 0 Å². The Labute approximate surface area is 148 Å². The van der Waals surface area contributed by atoms with Gasteiger partial charge in [-0.2, -0.15) is 0 Å². The topological polar surface area (TPSA) is 55.8 Å². The van der Waals surface area contributed by atoms with Crippen LogP contribution < -0.4 is 4.74 Å². The Balaban J connectivity index is 1.88. The third-order valence-electron chi connectivity index (χ3n) is 6.52. The zero-order valence-electron chi connectivity index (χ0n) is 15.2. The van der Waals surface area contributed by atoms with Crippen molar-refractivity contribution in [1.82, 2.24) is 0 Å². The minimum Gasteiger partial charge on any atom is -0.496 e. The number of methoxy groups -OCH3 is 1. The molecule has 1 N–H and O–H groups in total. The third kappa shape index (κ3) is 2.20. The molecule has 0 saturated heterocycles. The first kappa shape index (κ1) is 16.6. The lowest BCUT2D eigenvalue weighted by molar-refractivity contribution is -0.136. The Morgan fingerprint density at radius 2 is 2.16 bits per heavy atom. The normalized spacial score (nSPS) is 27.7. The second-order valence-electron chi connectivity index (χ2n) is 7.85. The van der Waals surface area contributed by atoms with Gasteiger partial charge < -0.3 is 14.6 Å². The molecule has 0 unspecified atom stereocenters. The maximum Gasteiger partial charge on any atom is 0.334 e. The van der Waals surface area contributed by atoms with Crippen LogP contribution in [0.25, 0.3) is 0 Å². The van der Waals surface area contributed by atoms with E-state index in [0.29, 0.717) is 18.9 Å². The number of rotatable bonds is 3. The highest BCUT2D eigenvalue weighted by Crippen LogP contribution is 2.55. The van der Waals surface area contributed by atoms with Crippen LogP contribution in [0.3, 0.4) is 0 Å². The van der Waals surface area contributed by atoms with Crippen molar-refractivity contribution in [2.24, 2.45) is 5.92 Å². The molecule has 0 aromatic heterocycles. The van der Waals surface area contributed by atoms with E-state index in [1.54, 1.807) is 7.11 Å². The lowest BCUT2D eigenvalue weighted by atomic mass is 9.56. The predicted octanol–water partition coefficient (Wildman–Crippen LogP) is 3.26. The van der Waals surface area contributed by atoms with Crippen LogP contribution in [0.2, 0.25) is 0 Å². The molecule has 134 valence electrons. The summed E-state index contributed by atoms with van der Waals surface area (Å²) in [5, 5.41) is 10.5. The van der Waals surface area contributed by atoms with E-state index < -0.39 is 0 Å². The summed E-state index contributed by atoms with van der Waals surface area (Å²) in [6.07, 6.45) is 3.33. The van der Waals surface area contributed by atoms with Gasteiger partial charge in [0.1, 0.15) is 12.4 Å². The SMILES string of the molecule is COc1c(C(C)C)ccc2c1CC[C@H]1C3=C(CC[C@]21CO)C(=O)OC3. The van der Waals surface area contributed by atoms with Crippen LogP contribution in [-0.2, 0) is 21.4 Å². The summed E-state index contributed by atoms with van der Waals surface area (Å²) in [5.41, 5.74) is 5.35. The number of hydrogen-bond donors (Lipinski definition) is 1. The fourth-order valence-corrected chi connectivity index (χ4v) is 5.27. The standard InChI is InChI=1S/C21H26O4/c1-12(2)13-4-6-17-15(19(13)24-3)5-7-18-16-10-25-20(23)14(16)8-9-21(17,18)11-22/h4,6,12,18,22H,5,7-11H2,1-3H3/t18-,21-/m0/s1. The number of hydrogen-bond acceptors (Lipinski definition) is 4. The number of ether oxygens (including phenoxy) is 2. The van der Waals surface area contributed by atoms with E-state index in [2.05, 4.69) is 26.0 Å². The molecule has 4 nitrogen and oxygen atoms in total. The summed E-state index contributed by atoms with van der Waals surface area (Å²) in [7, 11) is 1.74. The number of cyclic esters (lactones) is 1. The van der Waals surface area contributed by atoms with Crippen LogP contribution in [0.4, 0.5) is 0 Å². The third-order valence-corrected chi connectivity index (χ3v) is 6.52. The molecule has 25 heavy (non-hydrogen) atoms. The fraction of sp³-hybridized carbons (Fsp3) is 0.571. The maximum absolute atomic E-state index is 12.0. The van der Waals surface area contributed by atoms with Crippen molar-refractivity contribution in [3.8, 4) is 5.75 Å². The molecule has 0 spiro atoms. The van der Waals surface area contributed by atoms with Gasteiger partial charge in [0.25, 0.3) is 0 Å². The molecule has 1 aliphatic heterocycles. The molecule has 3 aliphatic rings. The summed E-state index contributed by atoms with van der Waals surface area (Å²) in [4.78, 5) is 12.0. The summed E-state index contributed by atoms with van der Waals surface area (Å²) in [5.74, 6) is 1.41. The van der Waals surface area contributed by atoms with Gasteiger partial charge in [-0.25, -0.2) is 4.79 Å². The van der Waals surface area contributed by atoms with Gasteiger partial charge in [-0.15, -0.1) is 0 Å². The van der Waals surface area contributed by atoms with Gasteiger partial charge in [0.2, 0.25) is 0 Å². The van der Waals surface area contributed by atoms with Gasteiger partial charge >= 0.3 is 5.97 Å². The molecule has 2 atom stereocenters. The molecule has 1 heterocycles. The van der Waals surface area contributed by atoms with E-state index in [4.69, 9.17) is 9.47 Å². The highest BCUT2D eigenvalue weighted by atomic mass is 16.5. The van der Waals surface area contributed by atoms with E-state index in [9.17, 15) is 9.90 Å². The predicted molar refractivity (Wildman–Crippen MR) is 94.9 cm³/mol. The van der Waals surface area contributed by atoms with Crippen molar-refractivity contribution in [2.75, 3.05) is 20.3 Å². The molecule has 0 bridgehead atoms. The number of carbonyl (C=O) groups excluding carboxylic acids is 1. The Kier molecular flexibility index (Phi) is 3.91. The zero-order valence-corrected chi connectivity index (χ0v) is 15.2. The first-order valence-electron chi connectivity index (χ1n) is 9.23. The molecular weight excluding hydrogens is 316 g/mol. The van der Waals surface area contributed by atoms with E-state index >= 15 is 0 Å². The van der Waals surface area contributed by atoms with Crippen molar-refractivity contribution in [3.05, 3.63) is 40.0 Å². The molecule has 0 fully saturated rings. The average molecular weight is 342 g/mol. The van der Waals surface area contributed by atoms with Crippen LogP contribution in [0.1, 0.15) is 55.7 Å². The Morgan fingerprint density at radius 3 is 2.84 bits per heavy atom. The summed E-state index contributed by atoms with van der Waals surface area (Å²) in [6, 6.07) is 4.35. The number of esters is 1. The Bertz CT molecular complexity index is 761. The highest BCUT2D eigenvalue weighted by molar-refractivity contribution is 5.92. The van der Waals surface area contributed by atoms with Crippen molar-refractivity contribution in [1.29, 1.82) is 0 Å². The molecule has 0 radical (unpaired) electrons. The molecule has 4 heteroatoms. The van der Waals surface area contributed by atoms with Gasteiger partial charge in [-0.3, -0.25) is 0 Å². The zero-order chi connectivity index (χ0) is 17.8. The van der Waals surface area contributed by atoms with E-state index in [1.165, 1.54) is 16.7 Å². The van der Waals surface area contributed by atoms with Crippen molar-refractivity contribution in [3.63, 3.8) is 0 Å². The quantitative estimate of drug-likeness (QED) is 0.857. The smallest absolute Gasteiger partial charge is 0.334 e. The largest absolute Gasteiger partial charge is 0.496 e. The lowest BCUT2D eigenvalue weighted by Gasteiger charge is -2.48. The van der Waals surface area contributed by atoms with Crippen LogP contribution in [0.5, 0.6) is 5.75 Å². The van der Waals surface area contributed by atoms with E-state index in [-0.39, 0.29) is 23.9 Å². The number of carbonyl (C=O) groups is 1. The maximum atomic E-state index is 12.0. The fourth-order valence-electron chi connectivity index (χ4n) is 5.27. The van der Waals surface area contributed by atoms with Gasteiger partial charge in [0.05, 0.1) is 13.7 Å². The summed E-state index contributed by atoms with van der Waals surface area (Å²) >= 11 is 0. The average Bonchev–Trinajstić information content (AvgIpc) is 3.00. The van der Waals surface area contributed by atoms with E-state index in [1.807, 2.05) is 0 Å².